The van der Waals surface area contributed by atoms with Crippen LogP contribution >= 0.6 is 0 Å². The third kappa shape index (κ3) is 5.86. The summed E-state index contributed by atoms with van der Waals surface area (Å²) in [5, 5.41) is 6.48. The van der Waals surface area contributed by atoms with E-state index in [1.165, 1.54) is 18.3 Å². The Labute approximate surface area is 228 Å². The van der Waals surface area contributed by atoms with Gasteiger partial charge in [0.05, 0.1) is 16.6 Å². The van der Waals surface area contributed by atoms with Crippen molar-refractivity contribution in [3.63, 3.8) is 0 Å². The van der Waals surface area contributed by atoms with Crippen molar-refractivity contribution in [1.29, 1.82) is 0 Å². The quantitative estimate of drug-likeness (QED) is 0.236. The van der Waals surface area contributed by atoms with Crippen LogP contribution in [-0.2, 0) is 12.7 Å². The molecule has 0 aliphatic carbocycles. The average Bonchev–Trinajstić information content (AvgIpc) is 2.96. The van der Waals surface area contributed by atoms with Crippen molar-refractivity contribution in [2.24, 2.45) is 0 Å². The molecule has 40 heavy (non-hydrogen) atoms. The summed E-state index contributed by atoms with van der Waals surface area (Å²) in [4.78, 5) is 30.3. The van der Waals surface area contributed by atoms with Gasteiger partial charge in [-0.15, -0.1) is 0 Å². The second-order valence-corrected chi connectivity index (χ2v) is 9.32. The second kappa shape index (κ2) is 11.0. The summed E-state index contributed by atoms with van der Waals surface area (Å²) in [6.45, 7) is 2.39. The highest BCUT2D eigenvalue weighted by atomic mass is 19.4. The third-order valence-electron chi connectivity index (χ3n) is 6.60. The highest BCUT2D eigenvalue weighted by molar-refractivity contribution is 6.09. The molecule has 0 bridgehead atoms. The van der Waals surface area contributed by atoms with Gasteiger partial charge < -0.3 is 10.6 Å². The molecule has 0 aliphatic heterocycles. The topological polar surface area (TPSA) is 71.1 Å². The van der Waals surface area contributed by atoms with Crippen LogP contribution in [0, 0.1) is 6.92 Å². The van der Waals surface area contributed by atoms with Crippen molar-refractivity contribution in [3.05, 3.63) is 131 Å². The Balaban J connectivity index is 1.31. The van der Waals surface area contributed by atoms with Gasteiger partial charge in [0.2, 0.25) is 0 Å². The largest absolute Gasteiger partial charge is 0.416 e. The summed E-state index contributed by atoms with van der Waals surface area (Å²) in [7, 11) is 0. The van der Waals surface area contributed by atoms with Gasteiger partial charge in [0.1, 0.15) is 0 Å². The van der Waals surface area contributed by atoms with Gasteiger partial charge in [-0.2, -0.15) is 13.2 Å². The minimum atomic E-state index is -4.44. The number of hydrogen-bond donors (Lipinski definition) is 2. The number of hydrogen-bond acceptors (Lipinski definition) is 3. The van der Waals surface area contributed by atoms with Crippen LogP contribution in [0.2, 0.25) is 0 Å². The SMILES string of the molecule is Cc1ccccc1CNC(=O)c1cnc2cc(NC(=O)c3ccccc3-c3ccc(C(F)(F)F)cc3)ccc2c1. The van der Waals surface area contributed by atoms with E-state index in [-0.39, 0.29) is 5.91 Å². The fraction of sp³-hybridized carbons (Fsp3) is 0.0938. The van der Waals surface area contributed by atoms with E-state index in [2.05, 4.69) is 15.6 Å². The molecule has 0 radical (unpaired) electrons. The van der Waals surface area contributed by atoms with Gasteiger partial charge in [0.15, 0.2) is 0 Å². The molecule has 1 heterocycles. The number of fused-ring (bicyclic) bond motifs is 1. The minimum Gasteiger partial charge on any atom is -0.348 e. The van der Waals surface area contributed by atoms with E-state index < -0.39 is 17.6 Å². The lowest BCUT2D eigenvalue weighted by atomic mass is 9.98. The first-order chi connectivity index (χ1) is 19.2. The summed E-state index contributed by atoms with van der Waals surface area (Å²) in [6.07, 6.45) is -2.95. The number of anilines is 1. The van der Waals surface area contributed by atoms with E-state index in [0.29, 0.717) is 40.0 Å². The predicted molar refractivity (Wildman–Crippen MR) is 149 cm³/mol. The first-order valence-electron chi connectivity index (χ1n) is 12.5. The van der Waals surface area contributed by atoms with E-state index >= 15 is 0 Å². The molecule has 2 amide bonds. The molecule has 0 spiro atoms. The van der Waals surface area contributed by atoms with Crippen molar-refractivity contribution < 1.29 is 22.8 Å². The lowest BCUT2D eigenvalue weighted by Crippen LogP contribution is -2.23. The summed E-state index contributed by atoms with van der Waals surface area (Å²) < 4.78 is 38.9. The Kier molecular flexibility index (Phi) is 7.33. The van der Waals surface area contributed by atoms with E-state index in [1.807, 2.05) is 31.2 Å². The van der Waals surface area contributed by atoms with Gasteiger partial charge in [0.25, 0.3) is 11.8 Å². The number of carbonyl (C=O) groups is 2. The van der Waals surface area contributed by atoms with Crippen LogP contribution < -0.4 is 10.6 Å². The maximum atomic E-state index is 13.2. The fourth-order valence-electron chi connectivity index (χ4n) is 4.38. The fourth-order valence-corrected chi connectivity index (χ4v) is 4.38. The van der Waals surface area contributed by atoms with Crippen LogP contribution in [0.5, 0.6) is 0 Å². The molecule has 0 saturated carbocycles. The number of aryl methyl sites for hydroxylation is 1. The zero-order valence-corrected chi connectivity index (χ0v) is 21.4. The summed E-state index contributed by atoms with van der Waals surface area (Å²) in [5.74, 6) is -0.656. The maximum Gasteiger partial charge on any atom is 0.416 e. The molecule has 5 rings (SSSR count). The van der Waals surface area contributed by atoms with E-state index in [9.17, 15) is 22.8 Å². The normalized spacial score (nSPS) is 11.3. The number of nitrogens with one attached hydrogen (secondary N) is 2. The molecule has 0 unspecified atom stereocenters. The number of pyridine rings is 1. The second-order valence-electron chi connectivity index (χ2n) is 9.32. The summed E-state index contributed by atoms with van der Waals surface area (Å²) >= 11 is 0. The van der Waals surface area contributed by atoms with Crippen LogP contribution in [0.1, 0.15) is 37.4 Å². The van der Waals surface area contributed by atoms with E-state index in [0.717, 1.165) is 28.6 Å². The minimum absolute atomic E-state index is 0.241. The number of nitrogens with zero attached hydrogens (tertiary/aromatic N) is 1. The molecule has 0 fully saturated rings. The van der Waals surface area contributed by atoms with Crippen LogP contribution in [0.15, 0.2) is 103 Å². The molecule has 5 nitrogen and oxygen atoms in total. The van der Waals surface area contributed by atoms with Gasteiger partial charge in [0, 0.05) is 29.4 Å². The van der Waals surface area contributed by atoms with Crippen LogP contribution in [-0.4, -0.2) is 16.8 Å². The van der Waals surface area contributed by atoms with Crippen molar-refractivity contribution in [2.75, 3.05) is 5.32 Å². The standard InChI is InChI=1S/C32H24F3N3O2/c1-20-6-2-3-7-23(20)18-37-30(39)24-16-22-12-15-26(17-29(22)36-19-24)38-31(40)28-9-5-4-8-27(28)21-10-13-25(14-11-21)32(33,34)35/h2-17,19H,18H2,1H3,(H,37,39)(H,38,40). The van der Waals surface area contributed by atoms with Gasteiger partial charge in [-0.1, -0.05) is 60.7 Å². The molecule has 2 N–H and O–H groups in total. The maximum absolute atomic E-state index is 13.2. The Morgan fingerprint density at radius 1 is 0.825 bits per heavy atom. The molecule has 5 aromatic rings. The Bertz CT molecular complexity index is 1710. The van der Waals surface area contributed by atoms with Gasteiger partial charge >= 0.3 is 6.18 Å². The highest BCUT2D eigenvalue weighted by Gasteiger charge is 2.30. The Morgan fingerprint density at radius 3 is 2.30 bits per heavy atom. The molecule has 8 heteroatoms. The number of carbonyl (C=O) groups excluding carboxylic acids is 2. The smallest absolute Gasteiger partial charge is 0.348 e. The molecule has 0 atom stereocenters. The van der Waals surface area contributed by atoms with Gasteiger partial charge in [-0.3, -0.25) is 14.6 Å². The zero-order chi connectivity index (χ0) is 28.3. The van der Waals surface area contributed by atoms with Gasteiger partial charge in [-0.25, -0.2) is 0 Å². The molecule has 1 aromatic heterocycles. The van der Waals surface area contributed by atoms with E-state index in [4.69, 9.17) is 0 Å². The number of amides is 2. The zero-order valence-electron chi connectivity index (χ0n) is 21.4. The lowest BCUT2D eigenvalue weighted by molar-refractivity contribution is -0.137. The summed E-state index contributed by atoms with van der Waals surface area (Å²) in [5.41, 5.74) is 4.18. The van der Waals surface area contributed by atoms with Gasteiger partial charge in [-0.05, 0) is 65.6 Å². The van der Waals surface area contributed by atoms with Crippen molar-refractivity contribution in [2.45, 2.75) is 19.6 Å². The number of halogens is 3. The molecular weight excluding hydrogens is 515 g/mol. The number of benzene rings is 4. The molecule has 0 saturated heterocycles. The Hall–Kier alpha value is -4.98. The van der Waals surface area contributed by atoms with Crippen LogP contribution in [0.25, 0.3) is 22.0 Å². The predicted octanol–water partition coefficient (Wildman–Crippen LogP) is 7.41. The third-order valence-corrected chi connectivity index (χ3v) is 6.60. The molecule has 4 aromatic carbocycles. The number of rotatable bonds is 6. The number of alkyl halides is 3. The van der Waals surface area contributed by atoms with Crippen molar-refractivity contribution in [3.8, 4) is 11.1 Å². The van der Waals surface area contributed by atoms with Crippen LogP contribution in [0.3, 0.4) is 0 Å². The average molecular weight is 540 g/mol. The molecule has 200 valence electrons. The first kappa shape index (κ1) is 26.6. The summed E-state index contributed by atoms with van der Waals surface area (Å²) in [6, 6.07) is 26.1. The Morgan fingerprint density at radius 2 is 1.55 bits per heavy atom. The monoisotopic (exact) mass is 539 g/mol. The first-order valence-corrected chi connectivity index (χ1v) is 12.5. The molecular formula is C32H24F3N3O2. The number of aromatic nitrogens is 1. The highest BCUT2D eigenvalue weighted by Crippen LogP contribution is 2.32. The van der Waals surface area contributed by atoms with Crippen LogP contribution in [0.4, 0.5) is 18.9 Å². The lowest BCUT2D eigenvalue weighted by Gasteiger charge is -2.12. The van der Waals surface area contributed by atoms with Crippen molar-refractivity contribution >= 4 is 28.4 Å². The van der Waals surface area contributed by atoms with E-state index in [1.54, 1.807) is 48.5 Å². The molecule has 0 aliphatic rings. The van der Waals surface area contributed by atoms with Crippen molar-refractivity contribution in [1.82, 2.24) is 10.3 Å².